The molecule has 0 radical (unpaired) electrons. The highest BCUT2D eigenvalue weighted by molar-refractivity contribution is 7.91. The van der Waals surface area contributed by atoms with Crippen LogP contribution in [0.5, 0.6) is 0 Å². The van der Waals surface area contributed by atoms with Crippen molar-refractivity contribution in [2.24, 2.45) is 0 Å². The van der Waals surface area contributed by atoms with Crippen LogP contribution in [0.1, 0.15) is 26.2 Å². The fourth-order valence-corrected chi connectivity index (χ4v) is 3.61. The van der Waals surface area contributed by atoms with Crippen LogP contribution in [0, 0.1) is 0 Å². The molecule has 0 aromatic rings. The van der Waals surface area contributed by atoms with Crippen molar-refractivity contribution in [2.75, 3.05) is 37.7 Å². The predicted molar refractivity (Wildman–Crippen MR) is 76.3 cm³/mol. The Morgan fingerprint density at radius 3 is 2.55 bits per heavy atom. The summed E-state index contributed by atoms with van der Waals surface area (Å²) >= 11 is 0. The third-order valence-electron chi connectivity index (χ3n) is 3.76. The molecular weight excluding hydrogens is 280 g/mol. The van der Waals surface area contributed by atoms with E-state index in [0.717, 1.165) is 19.4 Å². The molecule has 1 heterocycles. The molecule has 0 spiro atoms. The minimum Gasteiger partial charge on any atom is -0.465 e. The lowest BCUT2D eigenvalue weighted by atomic mass is 10.2. The molecule has 0 bridgehead atoms. The molecule has 1 aliphatic heterocycles. The predicted octanol–water partition coefficient (Wildman–Crippen LogP) is -0.209. The van der Waals surface area contributed by atoms with Gasteiger partial charge in [-0.1, -0.05) is 0 Å². The van der Waals surface area contributed by atoms with E-state index in [1.54, 1.807) is 0 Å². The summed E-state index contributed by atoms with van der Waals surface area (Å²) in [7, 11) is -2.84. The minimum absolute atomic E-state index is 0.191. The highest BCUT2D eigenvalue weighted by Crippen LogP contribution is 2.20. The minimum atomic E-state index is -2.84. The Kier molecular flexibility index (Phi) is 5.40. The molecule has 116 valence electrons. The number of rotatable bonds is 7. The molecular formula is C13H24N2O4S. The fraction of sp³-hybridized carbons (Fsp3) is 0.923. The number of ether oxygens (including phenoxy) is 1. The van der Waals surface area contributed by atoms with Crippen LogP contribution >= 0.6 is 0 Å². The van der Waals surface area contributed by atoms with Gasteiger partial charge >= 0.3 is 5.97 Å². The Bertz CT molecular complexity index is 420. The molecule has 7 heteroatoms. The molecule has 1 unspecified atom stereocenters. The second-order valence-electron chi connectivity index (χ2n) is 5.53. The lowest BCUT2D eigenvalue weighted by molar-refractivity contribution is -0.146. The standard InChI is InChI=1S/C13H24N2O4S/c1-2-19-13(16)12(14-11-3-4-11)5-6-15-7-9-20(17,18)10-8-15/h11-12,14H,2-10H2,1H3. The zero-order chi connectivity index (χ0) is 14.6. The van der Waals surface area contributed by atoms with Crippen molar-refractivity contribution in [2.45, 2.75) is 38.3 Å². The number of nitrogens with one attached hydrogen (secondary N) is 1. The average Bonchev–Trinajstić information content (AvgIpc) is 3.20. The van der Waals surface area contributed by atoms with Crippen molar-refractivity contribution in [3.8, 4) is 0 Å². The molecule has 2 aliphatic rings. The van der Waals surface area contributed by atoms with Crippen molar-refractivity contribution < 1.29 is 17.9 Å². The van der Waals surface area contributed by atoms with Crippen molar-refractivity contribution in [3.63, 3.8) is 0 Å². The molecule has 1 atom stereocenters. The molecule has 6 nitrogen and oxygen atoms in total. The number of carbonyl (C=O) groups excluding carboxylic acids is 1. The number of esters is 1. The summed E-state index contributed by atoms with van der Waals surface area (Å²) < 4.78 is 27.8. The Morgan fingerprint density at radius 2 is 2.00 bits per heavy atom. The van der Waals surface area contributed by atoms with Gasteiger partial charge in [-0.2, -0.15) is 0 Å². The first-order valence-corrected chi connectivity index (χ1v) is 9.18. The van der Waals surface area contributed by atoms with Crippen LogP contribution in [0.25, 0.3) is 0 Å². The quantitative estimate of drug-likeness (QED) is 0.656. The number of hydrogen-bond donors (Lipinski definition) is 1. The van der Waals surface area contributed by atoms with Crippen molar-refractivity contribution in [3.05, 3.63) is 0 Å². The van der Waals surface area contributed by atoms with Gasteiger partial charge < -0.3 is 15.0 Å². The second kappa shape index (κ2) is 6.87. The fourth-order valence-electron chi connectivity index (χ4n) is 2.33. The molecule has 1 aliphatic carbocycles. The van der Waals surface area contributed by atoms with Crippen LogP contribution in [-0.2, 0) is 19.4 Å². The molecule has 1 saturated heterocycles. The number of carbonyl (C=O) groups is 1. The largest absolute Gasteiger partial charge is 0.465 e. The van der Waals surface area contributed by atoms with Crippen LogP contribution < -0.4 is 5.32 Å². The Labute approximate surface area is 120 Å². The zero-order valence-corrected chi connectivity index (χ0v) is 12.8. The zero-order valence-electron chi connectivity index (χ0n) is 12.0. The second-order valence-corrected chi connectivity index (χ2v) is 7.83. The third-order valence-corrected chi connectivity index (χ3v) is 5.37. The van der Waals surface area contributed by atoms with Gasteiger partial charge in [0.1, 0.15) is 6.04 Å². The molecule has 0 aromatic heterocycles. The Hall–Kier alpha value is -0.660. The molecule has 2 rings (SSSR count). The lowest BCUT2D eigenvalue weighted by Crippen LogP contribution is -2.45. The lowest BCUT2D eigenvalue weighted by Gasteiger charge is -2.28. The number of nitrogens with zero attached hydrogens (tertiary/aromatic N) is 1. The summed E-state index contributed by atoms with van der Waals surface area (Å²) in [5.41, 5.74) is 0. The van der Waals surface area contributed by atoms with Gasteiger partial charge in [0.05, 0.1) is 18.1 Å². The van der Waals surface area contributed by atoms with Gasteiger partial charge in [-0.05, 0) is 26.2 Å². The van der Waals surface area contributed by atoms with E-state index in [0.29, 0.717) is 32.2 Å². The van der Waals surface area contributed by atoms with E-state index in [1.807, 2.05) is 6.92 Å². The van der Waals surface area contributed by atoms with Crippen LogP contribution in [0.3, 0.4) is 0 Å². The van der Waals surface area contributed by atoms with Crippen LogP contribution in [0.15, 0.2) is 0 Å². The summed E-state index contributed by atoms with van der Waals surface area (Å²) in [4.78, 5) is 14.0. The first-order chi connectivity index (χ1) is 9.50. The summed E-state index contributed by atoms with van der Waals surface area (Å²) in [6.07, 6.45) is 2.92. The summed E-state index contributed by atoms with van der Waals surface area (Å²) in [6, 6.07) is 0.187. The highest BCUT2D eigenvalue weighted by Gasteiger charge is 2.30. The SMILES string of the molecule is CCOC(=O)C(CCN1CCS(=O)(=O)CC1)NC1CC1. The molecule has 1 N–H and O–H groups in total. The molecule has 0 aromatic carbocycles. The molecule has 2 fully saturated rings. The normalized spacial score (nSPS) is 24.2. The van der Waals surface area contributed by atoms with Gasteiger partial charge in [0.15, 0.2) is 9.84 Å². The Balaban J connectivity index is 1.77. The first-order valence-electron chi connectivity index (χ1n) is 7.35. The summed E-state index contributed by atoms with van der Waals surface area (Å²) in [5, 5.41) is 3.31. The van der Waals surface area contributed by atoms with Crippen molar-refractivity contribution in [1.82, 2.24) is 10.2 Å². The monoisotopic (exact) mass is 304 g/mol. The van der Waals surface area contributed by atoms with E-state index in [9.17, 15) is 13.2 Å². The molecule has 1 saturated carbocycles. The summed E-state index contributed by atoms with van der Waals surface area (Å²) in [6.45, 7) is 4.08. The van der Waals surface area contributed by atoms with Crippen molar-refractivity contribution >= 4 is 15.8 Å². The first kappa shape index (κ1) is 15.7. The van der Waals surface area contributed by atoms with Crippen LogP contribution in [0.2, 0.25) is 0 Å². The van der Waals surface area contributed by atoms with E-state index in [4.69, 9.17) is 4.74 Å². The maximum atomic E-state index is 11.9. The number of hydrogen-bond acceptors (Lipinski definition) is 6. The summed E-state index contributed by atoms with van der Waals surface area (Å²) in [5.74, 6) is 0.268. The number of sulfone groups is 1. The van der Waals surface area contributed by atoms with Crippen LogP contribution in [-0.4, -0.2) is 69.1 Å². The third kappa shape index (κ3) is 5.03. The molecule has 0 amide bonds. The van der Waals surface area contributed by atoms with E-state index >= 15 is 0 Å². The maximum Gasteiger partial charge on any atom is 0.323 e. The molecule has 20 heavy (non-hydrogen) atoms. The van der Waals surface area contributed by atoms with Gasteiger partial charge in [0.25, 0.3) is 0 Å². The van der Waals surface area contributed by atoms with Gasteiger partial charge in [-0.25, -0.2) is 8.42 Å². The van der Waals surface area contributed by atoms with E-state index in [-0.39, 0.29) is 23.5 Å². The van der Waals surface area contributed by atoms with Gasteiger partial charge in [-0.3, -0.25) is 4.79 Å². The topological polar surface area (TPSA) is 75.7 Å². The van der Waals surface area contributed by atoms with Crippen molar-refractivity contribution in [1.29, 1.82) is 0 Å². The highest BCUT2D eigenvalue weighted by atomic mass is 32.2. The van der Waals surface area contributed by atoms with Gasteiger partial charge in [0.2, 0.25) is 0 Å². The van der Waals surface area contributed by atoms with E-state index in [2.05, 4.69) is 10.2 Å². The maximum absolute atomic E-state index is 11.9. The average molecular weight is 304 g/mol. The smallest absolute Gasteiger partial charge is 0.323 e. The van der Waals surface area contributed by atoms with Gasteiger partial charge in [0, 0.05) is 25.7 Å². The van der Waals surface area contributed by atoms with Crippen LogP contribution in [0.4, 0.5) is 0 Å². The van der Waals surface area contributed by atoms with Gasteiger partial charge in [-0.15, -0.1) is 0 Å². The van der Waals surface area contributed by atoms with E-state index in [1.165, 1.54) is 0 Å². The Morgan fingerprint density at radius 1 is 1.35 bits per heavy atom. The van der Waals surface area contributed by atoms with E-state index < -0.39 is 9.84 Å².